The number of hydrogen-bond acceptors (Lipinski definition) is 4. The summed E-state index contributed by atoms with van der Waals surface area (Å²) < 4.78 is 34.2. The third-order valence-electron chi connectivity index (χ3n) is 1.86. The zero-order valence-corrected chi connectivity index (χ0v) is 9.87. The molecule has 0 aliphatic rings. The summed E-state index contributed by atoms with van der Waals surface area (Å²) >= 11 is 0. The lowest BCUT2D eigenvalue weighted by Gasteiger charge is -2.09. The van der Waals surface area contributed by atoms with E-state index >= 15 is 0 Å². The molecule has 0 aromatic heterocycles. The van der Waals surface area contributed by atoms with Crippen molar-refractivity contribution in [3.05, 3.63) is 0 Å². The zero-order chi connectivity index (χ0) is 11.7. The minimum absolute atomic E-state index is 0.0497. The second-order valence-corrected chi connectivity index (χ2v) is 5.04. The normalized spacial score (nSPS) is 14.1. The van der Waals surface area contributed by atoms with Crippen molar-refractivity contribution in [2.24, 2.45) is 0 Å². The molecule has 0 amide bonds. The predicted octanol–water partition coefficient (Wildman–Crippen LogP) is 0.832. The van der Waals surface area contributed by atoms with Gasteiger partial charge in [-0.05, 0) is 6.42 Å². The van der Waals surface area contributed by atoms with Crippen LogP contribution in [0.5, 0.6) is 0 Å². The molecule has 6 heteroatoms. The Kier molecular flexibility index (Phi) is 7.95. The predicted molar refractivity (Wildman–Crippen MR) is 57.4 cm³/mol. The van der Waals surface area contributed by atoms with Crippen LogP contribution in [-0.4, -0.2) is 43.1 Å². The molecule has 1 unspecified atom stereocenters. The van der Waals surface area contributed by atoms with Gasteiger partial charge in [0.1, 0.15) is 5.75 Å². The van der Waals surface area contributed by atoms with Crippen molar-refractivity contribution in [1.29, 1.82) is 0 Å². The maximum atomic E-state index is 10.4. The molecular weight excluding hydrogens is 220 g/mol. The van der Waals surface area contributed by atoms with Crippen molar-refractivity contribution >= 4 is 10.1 Å². The molecule has 0 fully saturated rings. The van der Waals surface area contributed by atoms with Gasteiger partial charge in [-0.2, -0.15) is 8.42 Å². The molecule has 0 rings (SSSR count). The Labute approximate surface area is 91.2 Å². The van der Waals surface area contributed by atoms with Gasteiger partial charge in [-0.15, -0.1) is 0 Å². The molecule has 0 heterocycles. The van der Waals surface area contributed by atoms with Gasteiger partial charge in [0.2, 0.25) is 0 Å². The number of ether oxygens (including phenoxy) is 1. The van der Waals surface area contributed by atoms with Crippen LogP contribution in [0.15, 0.2) is 0 Å². The Bertz CT molecular complexity index is 237. The van der Waals surface area contributed by atoms with E-state index in [1.165, 1.54) is 0 Å². The number of hydrogen-bond donors (Lipinski definition) is 2. The third kappa shape index (κ3) is 11.8. The van der Waals surface area contributed by atoms with Gasteiger partial charge in [-0.3, -0.25) is 4.55 Å². The Morgan fingerprint density at radius 2 is 1.93 bits per heavy atom. The van der Waals surface area contributed by atoms with E-state index in [-0.39, 0.29) is 6.61 Å². The molecule has 0 saturated carbocycles. The fourth-order valence-electron chi connectivity index (χ4n) is 1.14. The van der Waals surface area contributed by atoms with E-state index in [4.69, 9.17) is 14.4 Å². The van der Waals surface area contributed by atoms with Crippen LogP contribution in [-0.2, 0) is 14.9 Å². The summed E-state index contributed by atoms with van der Waals surface area (Å²) in [6.07, 6.45) is 3.13. The number of rotatable bonds is 9. The quantitative estimate of drug-likeness (QED) is 0.461. The summed E-state index contributed by atoms with van der Waals surface area (Å²) in [6, 6.07) is 0. The van der Waals surface area contributed by atoms with Crippen LogP contribution in [0, 0.1) is 0 Å². The second kappa shape index (κ2) is 8.04. The Balaban J connectivity index is 3.36. The monoisotopic (exact) mass is 240 g/mol. The summed E-state index contributed by atoms with van der Waals surface area (Å²) in [5.41, 5.74) is 0. The standard InChI is InChI=1S/C9H20O5S/c1-2-3-4-5-6-14-7-9(10)8-15(11,12)13/h9-10H,2-8H2,1H3,(H,11,12,13). The first-order valence-corrected chi connectivity index (χ1v) is 6.77. The summed E-state index contributed by atoms with van der Waals surface area (Å²) in [5, 5.41) is 9.12. The lowest BCUT2D eigenvalue weighted by Crippen LogP contribution is -2.25. The highest BCUT2D eigenvalue weighted by Crippen LogP contribution is 1.99. The lowest BCUT2D eigenvalue weighted by molar-refractivity contribution is 0.0453. The Hall–Kier alpha value is -0.170. The van der Waals surface area contributed by atoms with E-state index in [2.05, 4.69) is 6.92 Å². The summed E-state index contributed by atoms with van der Waals surface area (Å²) in [7, 11) is -4.10. The molecule has 0 spiro atoms. The smallest absolute Gasteiger partial charge is 0.267 e. The van der Waals surface area contributed by atoms with Crippen molar-refractivity contribution in [2.75, 3.05) is 19.0 Å². The van der Waals surface area contributed by atoms with E-state index in [0.29, 0.717) is 6.61 Å². The maximum absolute atomic E-state index is 10.4. The molecule has 0 saturated heterocycles. The summed E-state index contributed by atoms with van der Waals surface area (Å²) in [4.78, 5) is 0. The Morgan fingerprint density at radius 3 is 2.47 bits per heavy atom. The summed E-state index contributed by atoms with van der Waals surface area (Å²) in [5.74, 6) is -0.665. The minimum atomic E-state index is -4.10. The van der Waals surface area contributed by atoms with Gasteiger partial charge in [-0.1, -0.05) is 26.2 Å². The van der Waals surface area contributed by atoms with Crippen LogP contribution in [0.2, 0.25) is 0 Å². The van der Waals surface area contributed by atoms with Gasteiger partial charge >= 0.3 is 0 Å². The SMILES string of the molecule is CCCCCCOCC(O)CS(=O)(=O)O. The molecule has 15 heavy (non-hydrogen) atoms. The zero-order valence-electron chi connectivity index (χ0n) is 9.05. The first kappa shape index (κ1) is 14.8. The van der Waals surface area contributed by atoms with Crippen LogP contribution in [0.1, 0.15) is 32.6 Å². The van der Waals surface area contributed by atoms with E-state index in [1.54, 1.807) is 0 Å². The van der Waals surface area contributed by atoms with Crippen LogP contribution < -0.4 is 0 Å². The van der Waals surface area contributed by atoms with Crippen LogP contribution in [0.3, 0.4) is 0 Å². The van der Waals surface area contributed by atoms with E-state index in [0.717, 1.165) is 25.7 Å². The highest BCUT2D eigenvalue weighted by Gasteiger charge is 2.13. The Morgan fingerprint density at radius 1 is 1.27 bits per heavy atom. The molecule has 92 valence electrons. The largest absolute Gasteiger partial charge is 0.390 e. The number of unbranched alkanes of at least 4 members (excludes halogenated alkanes) is 3. The van der Waals surface area contributed by atoms with E-state index < -0.39 is 22.0 Å². The molecule has 2 N–H and O–H groups in total. The molecule has 0 aliphatic carbocycles. The molecule has 0 aromatic rings. The average Bonchev–Trinajstić information content (AvgIpc) is 2.08. The van der Waals surface area contributed by atoms with Crippen molar-refractivity contribution in [3.8, 4) is 0 Å². The van der Waals surface area contributed by atoms with Crippen molar-refractivity contribution in [2.45, 2.75) is 38.7 Å². The van der Waals surface area contributed by atoms with Crippen molar-refractivity contribution in [3.63, 3.8) is 0 Å². The number of aliphatic hydroxyl groups is 1. The van der Waals surface area contributed by atoms with Gasteiger partial charge in [-0.25, -0.2) is 0 Å². The topological polar surface area (TPSA) is 83.8 Å². The molecular formula is C9H20O5S. The number of aliphatic hydroxyl groups excluding tert-OH is 1. The maximum Gasteiger partial charge on any atom is 0.267 e. The fraction of sp³-hybridized carbons (Fsp3) is 1.00. The summed E-state index contributed by atoms with van der Waals surface area (Å²) in [6.45, 7) is 2.57. The lowest BCUT2D eigenvalue weighted by atomic mass is 10.2. The van der Waals surface area contributed by atoms with Gasteiger partial charge in [0.15, 0.2) is 0 Å². The van der Waals surface area contributed by atoms with Gasteiger partial charge in [0.05, 0.1) is 12.7 Å². The van der Waals surface area contributed by atoms with Crippen molar-refractivity contribution < 1.29 is 22.8 Å². The molecule has 0 aromatic carbocycles. The minimum Gasteiger partial charge on any atom is -0.390 e. The fourth-order valence-corrected chi connectivity index (χ4v) is 1.72. The van der Waals surface area contributed by atoms with Gasteiger partial charge in [0.25, 0.3) is 10.1 Å². The highest BCUT2D eigenvalue weighted by atomic mass is 32.2. The molecule has 5 nitrogen and oxygen atoms in total. The molecule has 0 aliphatic heterocycles. The van der Waals surface area contributed by atoms with Crippen LogP contribution >= 0.6 is 0 Å². The van der Waals surface area contributed by atoms with Crippen LogP contribution in [0.25, 0.3) is 0 Å². The van der Waals surface area contributed by atoms with E-state index in [9.17, 15) is 8.42 Å². The van der Waals surface area contributed by atoms with Gasteiger partial charge < -0.3 is 9.84 Å². The molecule has 1 atom stereocenters. The highest BCUT2D eigenvalue weighted by molar-refractivity contribution is 7.85. The van der Waals surface area contributed by atoms with Crippen molar-refractivity contribution in [1.82, 2.24) is 0 Å². The second-order valence-electron chi connectivity index (χ2n) is 3.54. The van der Waals surface area contributed by atoms with Gasteiger partial charge in [0, 0.05) is 6.61 Å². The molecule has 0 bridgehead atoms. The molecule has 0 radical (unpaired) electrons. The average molecular weight is 240 g/mol. The van der Waals surface area contributed by atoms with E-state index in [1.807, 2.05) is 0 Å². The first-order chi connectivity index (χ1) is 6.95. The first-order valence-electron chi connectivity index (χ1n) is 5.16. The van der Waals surface area contributed by atoms with Crippen LogP contribution in [0.4, 0.5) is 0 Å². The third-order valence-corrected chi connectivity index (χ3v) is 2.66.